The Kier molecular flexibility index (Phi) is 3.10. The standard InChI is InChI=1S/C5H11Cl2Si/c1-4-8(6,7)5(2)3/h4-5,8H,1H2,2-3H3/q-1. The molecule has 0 fully saturated rings. The molecule has 0 aliphatic carbocycles. The molecule has 0 atom stereocenters. The van der Waals surface area contributed by atoms with Gasteiger partial charge in [0.15, 0.2) is 0 Å². The topological polar surface area (TPSA) is 0 Å². The van der Waals surface area contributed by atoms with Crippen molar-refractivity contribution in [3.63, 3.8) is 0 Å². The van der Waals surface area contributed by atoms with Gasteiger partial charge >= 0.3 is 60.5 Å². The third-order valence-electron chi connectivity index (χ3n) is 1.20. The first-order valence-corrected chi connectivity index (χ1v) is 7.49. The molecule has 0 spiro atoms. The molecule has 0 aromatic heterocycles. The second kappa shape index (κ2) is 2.90. The van der Waals surface area contributed by atoms with E-state index in [9.17, 15) is 0 Å². The second-order valence-electron chi connectivity index (χ2n) is 2.26. The molecule has 0 saturated heterocycles. The Balaban J connectivity index is 3.90. The van der Waals surface area contributed by atoms with Crippen LogP contribution in [0, 0.1) is 0 Å². The van der Waals surface area contributed by atoms with Crippen LogP contribution in [-0.4, -0.2) is 6.69 Å². The first kappa shape index (κ1) is 8.54. The van der Waals surface area contributed by atoms with Crippen LogP contribution in [0.25, 0.3) is 0 Å². The molecule has 0 heterocycles. The first-order valence-electron chi connectivity index (χ1n) is 2.67. The summed E-state index contributed by atoms with van der Waals surface area (Å²) >= 11 is 11.7. The third-order valence-corrected chi connectivity index (χ3v) is 7.70. The molecule has 0 radical (unpaired) electrons. The molecule has 0 unspecified atom stereocenters. The van der Waals surface area contributed by atoms with Crippen LogP contribution in [0.1, 0.15) is 13.8 Å². The van der Waals surface area contributed by atoms with E-state index in [1.165, 1.54) is 0 Å². The molecule has 0 rings (SSSR count). The summed E-state index contributed by atoms with van der Waals surface area (Å²) in [5.74, 6) is 0. The fourth-order valence-electron chi connectivity index (χ4n) is 0.272. The van der Waals surface area contributed by atoms with Crippen molar-refractivity contribution < 1.29 is 0 Å². The van der Waals surface area contributed by atoms with Crippen LogP contribution in [0.2, 0.25) is 5.54 Å². The summed E-state index contributed by atoms with van der Waals surface area (Å²) in [7, 11) is 0. The van der Waals surface area contributed by atoms with Gasteiger partial charge in [0.2, 0.25) is 0 Å². The van der Waals surface area contributed by atoms with Gasteiger partial charge in [0, 0.05) is 0 Å². The van der Waals surface area contributed by atoms with E-state index in [4.69, 9.17) is 22.2 Å². The van der Waals surface area contributed by atoms with Crippen LogP contribution in [0.3, 0.4) is 0 Å². The van der Waals surface area contributed by atoms with Gasteiger partial charge in [0.25, 0.3) is 0 Å². The van der Waals surface area contributed by atoms with Crippen molar-refractivity contribution in [2.24, 2.45) is 0 Å². The van der Waals surface area contributed by atoms with Gasteiger partial charge in [-0.1, -0.05) is 0 Å². The first-order chi connectivity index (χ1) is 3.50. The van der Waals surface area contributed by atoms with Crippen molar-refractivity contribution in [1.82, 2.24) is 0 Å². The Hall–Kier alpha value is 0.537. The minimum absolute atomic E-state index is 0.392. The van der Waals surface area contributed by atoms with E-state index in [0.717, 1.165) is 0 Å². The van der Waals surface area contributed by atoms with Gasteiger partial charge in [-0.15, -0.1) is 0 Å². The van der Waals surface area contributed by atoms with Gasteiger partial charge in [-0.05, 0) is 0 Å². The van der Waals surface area contributed by atoms with Crippen LogP contribution in [0.4, 0.5) is 0 Å². The Morgan fingerprint density at radius 1 is 1.50 bits per heavy atom. The maximum atomic E-state index is 5.87. The van der Waals surface area contributed by atoms with E-state index in [1.807, 2.05) is 13.8 Å². The fraction of sp³-hybridized carbons (Fsp3) is 0.600. The van der Waals surface area contributed by atoms with Gasteiger partial charge < -0.3 is 0 Å². The molecule has 8 heavy (non-hydrogen) atoms. The SMILES string of the molecule is C=C[SiH-](Cl)(Cl)C(C)C. The van der Waals surface area contributed by atoms with Crippen molar-refractivity contribution in [1.29, 1.82) is 0 Å². The third kappa shape index (κ3) is 2.20. The molecule has 0 N–H and O–H groups in total. The maximum absolute atomic E-state index is 5.87. The molecule has 0 amide bonds. The predicted molar refractivity (Wildman–Crippen MR) is 44.2 cm³/mol. The number of hydrogen-bond donors (Lipinski definition) is 0. The Morgan fingerprint density at radius 3 is 1.88 bits per heavy atom. The normalized spacial score (nSPS) is 14.1. The fourth-order valence-corrected chi connectivity index (χ4v) is 0.816. The molecule has 50 valence electrons. The van der Waals surface area contributed by atoms with Crippen molar-refractivity contribution in [2.75, 3.05) is 0 Å². The number of halogens is 2. The zero-order valence-corrected chi connectivity index (χ0v) is 7.86. The van der Waals surface area contributed by atoms with E-state index in [2.05, 4.69) is 6.58 Å². The van der Waals surface area contributed by atoms with Crippen LogP contribution < -0.4 is 0 Å². The van der Waals surface area contributed by atoms with Crippen LogP contribution in [0.5, 0.6) is 0 Å². The Bertz CT molecular complexity index is 88.4. The summed E-state index contributed by atoms with van der Waals surface area (Å²) in [5.41, 5.74) is 2.10. The molecule has 0 aliphatic rings. The molecule has 0 bridgehead atoms. The van der Waals surface area contributed by atoms with Crippen molar-refractivity contribution in [3.8, 4) is 0 Å². The molecule has 3 heteroatoms. The summed E-state index contributed by atoms with van der Waals surface area (Å²) in [6, 6.07) is 0. The van der Waals surface area contributed by atoms with Crippen LogP contribution in [0.15, 0.2) is 12.3 Å². The summed E-state index contributed by atoms with van der Waals surface area (Å²) in [6.45, 7) is 5.30. The molecular weight excluding hydrogens is 159 g/mol. The Labute approximate surface area is 60.9 Å². The predicted octanol–water partition coefficient (Wildman–Crippen LogP) is 2.77. The average molecular weight is 170 g/mol. The van der Waals surface area contributed by atoms with Gasteiger partial charge in [-0.2, -0.15) is 0 Å². The van der Waals surface area contributed by atoms with E-state index >= 15 is 0 Å². The van der Waals surface area contributed by atoms with E-state index in [1.54, 1.807) is 5.70 Å². The van der Waals surface area contributed by atoms with Gasteiger partial charge in [-0.25, -0.2) is 0 Å². The van der Waals surface area contributed by atoms with Gasteiger partial charge in [0.05, 0.1) is 0 Å². The van der Waals surface area contributed by atoms with E-state index in [0.29, 0.717) is 5.54 Å². The molecule has 0 aromatic rings. The summed E-state index contributed by atoms with van der Waals surface area (Å²) < 4.78 is 0. The van der Waals surface area contributed by atoms with E-state index in [-0.39, 0.29) is 0 Å². The molecular formula is C5H11Cl2Si-. The Morgan fingerprint density at radius 2 is 1.88 bits per heavy atom. The zero-order chi connectivity index (χ0) is 6.78. The summed E-state index contributed by atoms with van der Waals surface area (Å²) in [4.78, 5) is 0. The molecule has 0 saturated carbocycles. The minimum atomic E-state index is -2.31. The summed E-state index contributed by atoms with van der Waals surface area (Å²) in [5, 5.41) is 0. The van der Waals surface area contributed by atoms with E-state index < -0.39 is 6.69 Å². The molecule has 0 aromatic carbocycles. The molecule has 0 aliphatic heterocycles. The second-order valence-corrected chi connectivity index (χ2v) is 10.6. The van der Waals surface area contributed by atoms with Crippen LogP contribution in [-0.2, 0) is 0 Å². The summed E-state index contributed by atoms with van der Waals surface area (Å²) in [6.07, 6.45) is 0. The monoisotopic (exact) mass is 169 g/mol. The van der Waals surface area contributed by atoms with Crippen LogP contribution >= 0.6 is 22.2 Å². The zero-order valence-electron chi connectivity index (χ0n) is 5.20. The number of hydrogen-bond acceptors (Lipinski definition) is 0. The van der Waals surface area contributed by atoms with Gasteiger partial charge in [0.1, 0.15) is 0 Å². The number of rotatable bonds is 2. The average Bonchev–Trinajstić information content (AvgIpc) is 1.67. The van der Waals surface area contributed by atoms with Crippen molar-refractivity contribution in [2.45, 2.75) is 19.4 Å². The van der Waals surface area contributed by atoms with Crippen molar-refractivity contribution >= 4 is 28.9 Å². The molecule has 0 nitrogen and oxygen atoms in total. The van der Waals surface area contributed by atoms with Crippen molar-refractivity contribution in [3.05, 3.63) is 12.3 Å². The van der Waals surface area contributed by atoms with Gasteiger partial charge in [-0.3, -0.25) is 0 Å². The quantitative estimate of drug-likeness (QED) is 0.441.